The molecular formula is C14H26N2O2. The average molecular weight is 254 g/mol. The lowest BCUT2D eigenvalue weighted by molar-refractivity contribution is -0.132. The summed E-state index contributed by atoms with van der Waals surface area (Å²) in [4.78, 5) is 12.1. The van der Waals surface area contributed by atoms with Crippen LogP contribution in [-0.2, 0) is 9.53 Å². The van der Waals surface area contributed by atoms with Gasteiger partial charge in [0.2, 0.25) is 5.91 Å². The molecule has 18 heavy (non-hydrogen) atoms. The van der Waals surface area contributed by atoms with E-state index in [1.54, 1.807) is 0 Å². The van der Waals surface area contributed by atoms with Crippen LogP contribution in [0.5, 0.6) is 0 Å². The molecule has 2 aliphatic rings. The molecule has 1 saturated heterocycles. The minimum absolute atomic E-state index is 0.0801. The molecule has 1 heterocycles. The van der Waals surface area contributed by atoms with Gasteiger partial charge in [-0.1, -0.05) is 32.1 Å². The quantitative estimate of drug-likeness (QED) is 0.806. The van der Waals surface area contributed by atoms with Gasteiger partial charge in [-0.15, -0.1) is 0 Å². The second kappa shape index (κ2) is 7.10. The van der Waals surface area contributed by atoms with Crippen LogP contribution in [0.4, 0.5) is 0 Å². The Morgan fingerprint density at radius 2 is 1.72 bits per heavy atom. The number of hydrogen-bond donors (Lipinski definition) is 2. The van der Waals surface area contributed by atoms with Gasteiger partial charge >= 0.3 is 0 Å². The minimum Gasteiger partial charge on any atom is -0.364 e. The van der Waals surface area contributed by atoms with Crippen LogP contribution in [0.15, 0.2) is 0 Å². The summed E-state index contributed by atoms with van der Waals surface area (Å²) in [5.74, 6) is 0.0801. The molecule has 0 aromatic heterocycles. The monoisotopic (exact) mass is 254 g/mol. The van der Waals surface area contributed by atoms with Crippen molar-refractivity contribution in [3.05, 3.63) is 0 Å². The standard InChI is InChI=1S/C14H26N2O2/c15-10-12-8-9-13(18-12)14(17)16-11-6-4-2-1-3-5-7-11/h11-13H,1-10,15H2,(H,16,17). The summed E-state index contributed by atoms with van der Waals surface area (Å²) in [6.45, 7) is 0.521. The van der Waals surface area contributed by atoms with E-state index in [-0.39, 0.29) is 18.1 Å². The lowest BCUT2D eigenvalue weighted by atomic mass is 9.96. The lowest BCUT2D eigenvalue weighted by Crippen LogP contribution is -2.42. The lowest BCUT2D eigenvalue weighted by Gasteiger charge is -2.22. The summed E-state index contributed by atoms with van der Waals surface area (Å²) >= 11 is 0. The maximum Gasteiger partial charge on any atom is 0.249 e. The fraction of sp³-hybridized carbons (Fsp3) is 0.929. The highest BCUT2D eigenvalue weighted by atomic mass is 16.5. The van der Waals surface area contributed by atoms with E-state index in [4.69, 9.17) is 10.5 Å². The maximum atomic E-state index is 12.1. The Morgan fingerprint density at radius 3 is 2.33 bits per heavy atom. The van der Waals surface area contributed by atoms with Crippen LogP contribution in [0, 0.1) is 0 Å². The van der Waals surface area contributed by atoms with Crippen molar-refractivity contribution >= 4 is 5.91 Å². The number of nitrogens with two attached hydrogens (primary N) is 1. The van der Waals surface area contributed by atoms with Crippen LogP contribution in [0.25, 0.3) is 0 Å². The molecule has 0 aromatic carbocycles. The smallest absolute Gasteiger partial charge is 0.249 e. The summed E-state index contributed by atoms with van der Waals surface area (Å²) in [6, 6.07) is 0.360. The summed E-state index contributed by atoms with van der Waals surface area (Å²) in [7, 11) is 0. The molecule has 2 unspecified atom stereocenters. The SMILES string of the molecule is NCC1CCC(C(=O)NC2CCCCCCC2)O1. The van der Waals surface area contributed by atoms with Gasteiger partial charge in [-0.2, -0.15) is 0 Å². The van der Waals surface area contributed by atoms with Crippen LogP contribution in [0.2, 0.25) is 0 Å². The fourth-order valence-corrected chi connectivity index (χ4v) is 2.97. The van der Waals surface area contributed by atoms with Crippen molar-refractivity contribution in [3.8, 4) is 0 Å². The molecule has 3 N–H and O–H groups in total. The molecule has 4 heteroatoms. The van der Waals surface area contributed by atoms with E-state index in [0.717, 1.165) is 25.7 Å². The highest BCUT2D eigenvalue weighted by Crippen LogP contribution is 2.21. The molecule has 0 radical (unpaired) electrons. The minimum atomic E-state index is -0.260. The number of carbonyl (C=O) groups excluding carboxylic acids is 1. The molecule has 1 saturated carbocycles. The third kappa shape index (κ3) is 3.95. The summed E-state index contributed by atoms with van der Waals surface area (Å²) < 4.78 is 5.63. The Balaban J connectivity index is 1.75. The highest BCUT2D eigenvalue weighted by Gasteiger charge is 2.30. The zero-order valence-electron chi connectivity index (χ0n) is 11.2. The van der Waals surface area contributed by atoms with E-state index in [1.165, 1.54) is 32.1 Å². The van der Waals surface area contributed by atoms with Crippen LogP contribution < -0.4 is 11.1 Å². The van der Waals surface area contributed by atoms with Crippen molar-refractivity contribution in [2.45, 2.75) is 76.0 Å². The molecule has 104 valence electrons. The molecule has 0 aromatic rings. The number of carbonyl (C=O) groups is 1. The van der Waals surface area contributed by atoms with Crippen LogP contribution in [-0.4, -0.2) is 30.7 Å². The van der Waals surface area contributed by atoms with Gasteiger partial charge in [0.05, 0.1) is 6.10 Å². The molecule has 2 fully saturated rings. The van der Waals surface area contributed by atoms with Gasteiger partial charge in [0, 0.05) is 12.6 Å². The number of ether oxygens (including phenoxy) is 1. The van der Waals surface area contributed by atoms with Crippen molar-refractivity contribution in [1.82, 2.24) is 5.32 Å². The van der Waals surface area contributed by atoms with Gasteiger partial charge in [-0.3, -0.25) is 4.79 Å². The summed E-state index contributed by atoms with van der Waals surface area (Å²) in [6.07, 6.45) is 10.2. The van der Waals surface area contributed by atoms with Gasteiger partial charge in [0.15, 0.2) is 0 Å². The van der Waals surface area contributed by atoms with Gasteiger partial charge in [-0.25, -0.2) is 0 Å². The van der Waals surface area contributed by atoms with E-state index in [0.29, 0.717) is 12.6 Å². The second-order valence-electron chi connectivity index (χ2n) is 5.61. The number of hydrogen-bond acceptors (Lipinski definition) is 3. The van der Waals surface area contributed by atoms with Gasteiger partial charge in [-0.05, 0) is 25.7 Å². The van der Waals surface area contributed by atoms with E-state index in [9.17, 15) is 4.79 Å². The predicted molar refractivity (Wildman–Crippen MR) is 71.2 cm³/mol. The van der Waals surface area contributed by atoms with E-state index >= 15 is 0 Å². The van der Waals surface area contributed by atoms with Gasteiger partial charge in [0.1, 0.15) is 6.10 Å². The highest BCUT2D eigenvalue weighted by molar-refractivity contribution is 5.81. The van der Waals surface area contributed by atoms with Gasteiger partial charge in [0.25, 0.3) is 0 Å². The average Bonchev–Trinajstić information content (AvgIpc) is 2.81. The first-order valence-corrected chi connectivity index (χ1v) is 7.45. The Labute approximate surface area is 110 Å². The van der Waals surface area contributed by atoms with Crippen LogP contribution in [0.1, 0.15) is 57.8 Å². The van der Waals surface area contributed by atoms with Crippen molar-refractivity contribution in [2.75, 3.05) is 6.54 Å². The Kier molecular flexibility index (Phi) is 5.45. The fourth-order valence-electron chi connectivity index (χ4n) is 2.97. The first kappa shape index (κ1) is 13.8. The van der Waals surface area contributed by atoms with Gasteiger partial charge < -0.3 is 15.8 Å². The third-order valence-electron chi connectivity index (χ3n) is 4.11. The number of amides is 1. The summed E-state index contributed by atoms with van der Waals surface area (Å²) in [5, 5.41) is 3.17. The molecule has 2 rings (SSSR count). The van der Waals surface area contributed by atoms with E-state index in [1.807, 2.05) is 0 Å². The Hall–Kier alpha value is -0.610. The van der Waals surface area contributed by atoms with E-state index in [2.05, 4.69) is 5.32 Å². The largest absolute Gasteiger partial charge is 0.364 e. The second-order valence-corrected chi connectivity index (χ2v) is 5.61. The van der Waals surface area contributed by atoms with Crippen molar-refractivity contribution in [2.24, 2.45) is 5.73 Å². The molecule has 0 bridgehead atoms. The zero-order chi connectivity index (χ0) is 12.8. The predicted octanol–water partition coefficient (Wildman–Crippen LogP) is 1.72. The van der Waals surface area contributed by atoms with Crippen LogP contribution in [0.3, 0.4) is 0 Å². The number of rotatable bonds is 3. The molecule has 1 amide bonds. The van der Waals surface area contributed by atoms with Crippen LogP contribution >= 0.6 is 0 Å². The zero-order valence-corrected chi connectivity index (χ0v) is 11.2. The maximum absolute atomic E-state index is 12.1. The molecular weight excluding hydrogens is 228 g/mol. The van der Waals surface area contributed by atoms with Crippen molar-refractivity contribution < 1.29 is 9.53 Å². The topological polar surface area (TPSA) is 64.4 Å². The molecule has 2 atom stereocenters. The summed E-state index contributed by atoms with van der Waals surface area (Å²) in [5.41, 5.74) is 5.56. The normalized spacial score (nSPS) is 30.7. The molecule has 1 aliphatic heterocycles. The first-order chi connectivity index (χ1) is 8.79. The molecule has 1 aliphatic carbocycles. The van der Waals surface area contributed by atoms with Crippen molar-refractivity contribution in [3.63, 3.8) is 0 Å². The van der Waals surface area contributed by atoms with E-state index < -0.39 is 0 Å². The molecule has 0 spiro atoms. The van der Waals surface area contributed by atoms with Crippen molar-refractivity contribution in [1.29, 1.82) is 0 Å². The number of nitrogens with one attached hydrogen (secondary N) is 1. The first-order valence-electron chi connectivity index (χ1n) is 7.45. The third-order valence-corrected chi connectivity index (χ3v) is 4.11. The molecule has 4 nitrogen and oxygen atoms in total. The Morgan fingerprint density at radius 1 is 1.06 bits per heavy atom. The Bertz CT molecular complexity index is 263.